The van der Waals surface area contributed by atoms with Crippen molar-refractivity contribution in [2.75, 3.05) is 13.1 Å². The van der Waals surface area contributed by atoms with Gasteiger partial charge in [-0.05, 0) is 26.2 Å². The Labute approximate surface area is 105 Å². The van der Waals surface area contributed by atoms with Crippen LogP contribution >= 0.6 is 0 Å². The molecule has 1 aliphatic rings. The predicted molar refractivity (Wildman–Crippen MR) is 61.3 cm³/mol. The van der Waals surface area contributed by atoms with Crippen LogP contribution in [0.4, 0.5) is 13.2 Å². The van der Waals surface area contributed by atoms with E-state index in [1.54, 1.807) is 0 Å². The third-order valence-corrected chi connectivity index (χ3v) is 3.32. The predicted octanol–water partition coefficient (Wildman–Crippen LogP) is 2.90. The Bertz CT molecular complexity index is 302. The van der Waals surface area contributed by atoms with Gasteiger partial charge in [0, 0.05) is 12.6 Å². The molecule has 1 fully saturated rings. The molecule has 1 unspecified atom stereocenters. The van der Waals surface area contributed by atoms with Crippen molar-refractivity contribution in [2.45, 2.75) is 51.7 Å². The van der Waals surface area contributed by atoms with E-state index < -0.39 is 24.1 Å². The number of halogens is 3. The summed E-state index contributed by atoms with van der Waals surface area (Å²) in [5.74, 6) is -1.02. The van der Waals surface area contributed by atoms with Gasteiger partial charge in [-0.3, -0.25) is 9.69 Å². The van der Waals surface area contributed by atoms with Crippen molar-refractivity contribution in [1.29, 1.82) is 0 Å². The second-order valence-electron chi connectivity index (χ2n) is 5.37. The molecule has 1 N–H and O–H groups in total. The van der Waals surface area contributed by atoms with Gasteiger partial charge in [-0.15, -0.1) is 0 Å². The largest absolute Gasteiger partial charge is 0.481 e. The highest BCUT2D eigenvalue weighted by atomic mass is 19.4. The first-order chi connectivity index (χ1) is 8.18. The first kappa shape index (κ1) is 15.3. The summed E-state index contributed by atoms with van der Waals surface area (Å²) in [6.45, 7) is 2.33. The summed E-state index contributed by atoms with van der Waals surface area (Å²) >= 11 is 0. The van der Waals surface area contributed by atoms with E-state index in [9.17, 15) is 23.1 Å². The molecule has 0 amide bonds. The molecule has 0 bridgehead atoms. The summed E-state index contributed by atoms with van der Waals surface area (Å²) in [6.07, 6.45) is -1.76. The zero-order valence-corrected chi connectivity index (χ0v) is 10.8. The number of aliphatic carboxylic acids is 1. The molecule has 1 saturated carbocycles. The number of carboxylic acids is 1. The van der Waals surface area contributed by atoms with Crippen LogP contribution in [0.5, 0.6) is 0 Å². The van der Waals surface area contributed by atoms with Gasteiger partial charge < -0.3 is 5.11 Å². The molecule has 6 heteroatoms. The lowest BCUT2D eigenvalue weighted by Gasteiger charge is -2.32. The van der Waals surface area contributed by atoms with Crippen LogP contribution in [-0.4, -0.2) is 41.3 Å². The molecular weight excluding hydrogens is 247 g/mol. The molecule has 0 aromatic heterocycles. The van der Waals surface area contributed by atoms with Crippen LogP contribution in [0.3, 0.4) is 0 Å². The lowest BCUT2D eigenvalue weighted by Crippen LogP contribution is -2.45. The Morgan fingerprint density at radius 3 is 2.22 bits per heavy atom. The van der Waals surface area contributed by atoms with E-state index in [0.29, 0.717) is 12.8 Å². The van der Waals surface area contributed by atoms with Gasteiger partial charge in [0.2, 0.25) is 0 Å². The number of nitrogens with zero attached hydrogens (tertiary/aromatic N) is 1. The highest BCUT2D eigenvalue weighted by Crippen LogP contribution is 2.34. The average molecular weight is 267 g/mol. The molecule has 0 heterocycles. The number of carboxylic acid groups (broad SMARTS) is 1. The maximum atomic E-state index is 12.5. The second kappa shape index (κ2) is 5.47. The van der Waals surface area contributed by atoms with Crippen LogP contribution in [0.2, 0.25) is 0 Å². The van der Waals surface area contributed by atoms with Crippen molar-refractivity contribution in [2.24, 2.45) is 5.41 Å². The van der Waals surface area contributed by atoms with Crippen molar-refractivity contribution in [3.05, 3.63) is 0 Å². The zero-order valence-electron chi connectivity index (χ0n) is 10.8. The smallest absolute Gasteiger partial charge is 0.401 e. The van der Waals surface area contributed by atoms with Gasteiger partial charge in [0.1, 0.15) is 0 Å². The van der Waals surface area contributed by atoms with Crippen LogP contribution < -0.4 is 0 Å². The molecule has 3 nitrogen and oxygen atoms in total. The van der Waals surface area contributed by atoms with Crippen molar-refractivity contribution >= 4 is 5.97 Å². The van der Waals surface area contributed by atoms with E-state index in [1.807, 2.05) is 6.92 Å². The Kier molecular flexibility index (Phi) is 4.64. The summed E-state index contributed by atoms with van der Waals surface area (Å²) in [5.41, 5.74) is -1.09. The fourth-order valence-electron chi connectivity index (χ4n) is 2.24. The van der Waals surface area contributed by atoms with Gasteiger partial charge in [0.25, 0.3) is 0 Å². The maximum Gasteiger partial charge on any atom is 0.401 e. The molecule has 0 aromatic rings. The van der Waals surface area contributed by atoms with Crippen molar-refractivity contribution in [3.8, 4) is 0 Å². The van der Waals surface area contributed by atoms with Gasteiger partial charge in [-0.2, -0.15) is 13.2 Å². The number of alkyl halides is 3. The van der Waals surface area contributed by atoms with Gasteiger partial charge in [-0.1, -0.05) is 13.3 Å². The normalized spacial score (nSPS) is 19.9. The minimum atomic E-state index is -4.27. The highest BCUT2D eigenvalue weighted by Gasteiger charge is 2.43. The SMILES string of the molecule is CCCC(C)(CN(CC(F)(F)F)C1CC1)C(=O)O. The molecule has 1 rings (SSSR count). The summed E-state index contributed by atoms with van der Waals surface area (Å²) < 4.78 is 37.4. The molecule has 0 radical (unpaired) electrons. The van der Waals surface area contributed by atoms with E-state index in [-0.39, 0.29) is 12.6 Å². The lowest BCUT2D eigenvalue weighted by atomic mass is 9.85. The molecule has 0 aliphatic heterocycles. The lowest BCUT2D eigenvalue weighted by molar-refractivity contribution is -0.161. The van der Waals surface area contributed by atoms with E-state index in [2.05, 4.69) is 0 Å². The summed E-state index contributed by atoms with van der Waals surface area (Å²) in [5, 5.41) is 9.21. The Hall–Kier alpha value is -0.780. The number of rotatable bonds is 7. The van der Waals surface area contributed by atoms with Crippen molar-refractivity contribution in [3.63, 3.8) is 0 Å². The Balaban J connectivity index is 2.71. The minimum Gasteiger partial charge on any atom is -0.481 e. The zero-order chi connectivity index (χ0) is 14.0. The monoisotopic (exact) mass is 267 g/mol. The second-order valence-corrected chi connectivity index (χ2v) is 5.37. The molecular formula is C12H20F3NO2. The molecule has 1 aliphatic carbocycles. The number of hydrogen-bond acceptors (Lipinski definition) is 2. The van der Waals surface area contributed by atoms with Gasteiger partial charge >= 0.3 is 12.1 Å². The van der Waals surface area contributed by atoms with E-state index in [4.69, 9.17) is 0 Å². The summed E-state index contributed by atoms with van der Waals surface area (Å²) in [6, 6.07) is -0.0952. The van der Waals surface area contributed by atoms with Crippen LogP contribution in [0.15, 0.2) is 0 Å². The standard InChI is InChI=1S/C12H20F3NO2/c1-3-6-11(2,10(17)18)7-16(9-4-5-9)8-12(13,14)15/h9H,3-8H2,1-2H3,(H,17,18). The van der Waals surface area contributed by atoms with E-state index in [1.165, 1.54) is 11.8 Å². The molecule has 1 atom stereocenters. The van der Waals surface area contributed by atoms with Crippen LogP contribution in [0, 0.1) is 5.41 Å². The van der Waals surface area contributed by atoms with E-state index >= 15 is 0 Å². The van der Waals surface area contributed by atoms with Crippen LogP contribution in [0.25, 0.3) is 0 Å². The third kappa shape index (κ3) is 4.48. The Morgan fingerprint density at radius 2 is 1.89 bits per heavy atom. The Morgan fingerprint density at radius 1 is 1.33 bits per heavy atom. The molecule has 18 heavy (non-hydrogen) atoms. The maximum absolute atomic E-state index is 12.5. The number of carbonyl (C=O) groups is 1. The van der Waals surface area contributed by atoms with Gasteiger partial charge in [0.15, 0.2) is 0 Å². The molecule has 0 aromatic carbocycles. The summed E-state index contributed by atoms with van der Waals surface area (Å²) in [4.78, 5) is 12.5. The van der Waals surface area contributed by atoms with Crippen molar-refractivity contribution < 1.29 is 23.1 Å². The van der Waals surface area contributed by atoms with Crippen LogP contribution in [0.1, 0.15) is 39.5 Å². The van der Waals surface area contributed by atoms with Gasteiger partial charge in [-0.25, -0.2) is 0 Å². The van der Waals surface area contributed by atoms with E-state index in [0.717, 1.165) is 12.8 Å². The van der Waals surface area contributed by atoms with Gasteiger partial charge in [0.05, 0.1) is 12.0 Å². The first-order valence-corrected chi connectivity index (χ1v) is 6.22. The summed E-state index contributed by atoms with van der Waals surface area (Å²) in [7, 11) is 0. The number of hydrogen-bond donors (Lipinski definition) is 1. The fraction of sp³-hybridized carbons (Fsp3) is 0.917. The highest BCUT2D eigenvalue weighted by molar-refractivity contribution is 5.74. The molecule has 106 valence electrons. The topological polar surface area (TPSA) is 40.5 Å². The third-order valence-electron chi connectivity index (χ3n) is 3.32. The minimum absolute atomic E-state index is 0.0274. The first-order valence-electron chi connectivity index (χ1n) is 6.22. The molecule has 0 spiro atoms. The molecule has 0 saturated heterocycles. The fourth-order valence-corrected chi connectivity index (χ4v) is 2.24. The van der Waals surface area contributed by atoms with Crippen LogP contribution in [-0.2, 0) is 4.79 Å². The van der Waals surface area contributed by atoms with Crippen molar-refractivity contribution in [1.82, 2.24) is 4.90 Å². The average Bonchev–Trinajstić information content (AvgIpc) is 2.97. The quantitative estimate of drug-likeness (QED) is 0.771.